The molecule has 1 heterocycles. The number of benzene rings is 1. The van der Waals surface area contributed by atoms with Gasteiger partial charge in [0.1, 0.15) is 5.82 Å². The molecule has 2 fully saturated rings. The van der Waals surface area contributed by atoms with Crippen molar-refractivity contribution in [3.8, 4) is 0 Å². The maximum absolute atomic E-state index is 13.8. The third-order valence-corrected chi connectivity index (χ3v) is 4.23. The summed E-state index contributed by atoms with van der Waals surface area (Å²) in [5, 5.41) is 3.45. The van der Waals surface area contributed by atoms with E-state index in [2.05, 4.69) is 20.1 Å². The summed E-state index contributed by atoms with van der Waals surface area (Å²) in [5.74, 6) is 1.68. The summed E-state index contributed by atoms with van der Waals surface area (Å²) in [7, 11) is 1.83. The summed E-state index contributed by atoms with van der Waals surface area (Å²) < 4.78 is 13.8. The van der Waals surface area contributed by atoms with Crippen LogP contribution >= 0.6 is 0 Å². The van der Waals surface area contributed by atoms with Gasteiger partial charge in [-0.1, -0.05) is 12.1 Å². The number of piperazine rings is 1. The molecule has 4 nitrogen and oxygen atoms in total. The Morgan fingerprint density at radius 1 is 1.24 bits per heavy atom. The first-order valence-electron chi connectivity index (χ1n) is 7.73. The van der Waals surface area contributed by atoms with E-state index in [4.69, 9.17) is 0 Å². The van der Waals surface area contributed by atoms with Gasteiger partial charge in [-0.2, -0.15) is 0 Å². The number of hydrogen-bond acceptors (Lipinski definition) is 2. The Kier molecular flexibility index (Phi) is 4.27. The molecule has 1 aromatic carbocycles. The number of aliphatic imine (C=N–C) groups is 1. The van der Waals surface area contributed by atoms with Crippen LogP contribution in [0.2, 0.25) is 0 Å². The van der Waals surface area contributed by atoms with E-state index in [1.165, 1.54) is 18.9 Å². The first-order valence-corrected chi connectivity index (χ1v) is 7.73. The van der Waals surface area contributed by atoms with Gasteiger partial charge in [-0.15, -0.1) is 0 Å². The fraction of sp³-hybridized carbons (Fsp3) is 0.562. The number of guanidine groups is 1. The zero-order chi connectivity index (χ0) is 14.7. The van der Waals surface area contributed by atoms with Gasteiger partial charge in [0.15, 0.2) is 5.96 Å². The Balaban J connectivity index is 1.55. The quantitative estimate of drug-likeness (QED) is 0.682. The Bertz CT molecular complexity index is 505. The van der Waals surface area contributed by atoms with Crippen molar-refractivity contribution in [2.75, 3.05) is 44.7 Å². The number of halogens is 1. The zero-order valence-electron chi connectivity index (χ0n) is 12.6. The molecule has 1 saturated heterocycles. The van der Waals surface area contributed by atoms with Crippen molar-refractivity contribution in [1.29, 1.82) is 0 Å². The van der Waals surface area contributed by atoms with Crippen LogP contribution in [-0.2, 0) is 0 Å². The number of anilines is 1. The molecule has 0 unspecified atom stereocenters. The van der Waals surface area contributed by atoms with Gasteiger partial charge < -0.3 is 15.1 Å². The lowest BCUT2D eigenvalue weighted by Gasteiger charge is -2.37. The average Bonchev–Trinajstić information content (AvgIpc) is 3.33. The second-order valence-corrected chi connectivity index (χ2v) is 5.80. The van der Waals surface area contributed by atoms with E-state index in [0.29, 0.717) is 5.69 Å². The van der Waals surface area contributed by atoms with E-state index < -0.39 is 0 Å². The summed E-state index contributed by atoms with van der Waals surface area (Å²) in [6.07, 6.45) is 2.68. The third-order valence-electron chi connectivity index (χ3n) is 4.23. The van der Waals surface area contributed by atoms with Crippen molar-refractivity contribution in [3.05, 3.63) is 30.1 Å². The summed E-state index contributed by atoms with van der Waals surface area (Å²) in [5.41, 5.74) is 0.707. The van der Waals surface area contributed by atoms with Crippen LogP contribution in [0.3, 0.4) is 0 Å². The predicted molar refractivity (Wildman–Crippen MR) is 84.3 cm³/mol. The molecule has 0 bridgehead atoms. The van der Waals surface area contributed by atoms with E-state index >= 15 is 0 Å². The Morgan fingerprint density at radius 2 is 1.95 bits per heavy atom. The smallest absolute Gasteiger partial charge is 0.193 e. The first-order chi connectivity index (χ1) is 10.3. The highest BCUT2D eigenvalue weighted by Crippen LogP contribution is 2.27. The van der Waals surface area contributed by atoms with E-state index in [1.807, 2.05) is 19.2 Å². The molecular formula is C16H23FN4. The molecule has 0 radical (unpaired) electrons. The van der Waals surface area contributed by atoms with E-state index in [1.54, 1.807) is 6.07 Å². The summed E-state index contributed by atoms with van der Waals surface area (Å²) >= 11 is 0. The first kappa shape index (κ1) is 14.2. The standard InChI is InChI=1S/C16H23FN4/c1-18-16(19-12-13-6-7-13)21-10-8-20(9-11-21)15-5-3-2-4-14(15)17/h2-5,13H,6-12H2,1H3,(H,18,19). The Morgan fingerprint density at radius 3 is 2.57 bits per heavy atom. The predicted octanol–water partition coefficient (Wildman–Crippen LogP) is 1.93. The average molecular weight is 290 g/mol. The van der Waals surface area contributed by atoms with Crippen LogP contribution in [0.4, 0.5) is 10.1 Å². The molecule has 2 aliphatic rings. The van der Waals surface area contributed by atoms with Gasteiger partial charge in [0.25, 0.3) is 0 Å². The molecule has 1 N–H and O–H groups in total. The van der Waals surface area contributed by atoms with Crippen LogP contribution in [0.5, 0.6) is 0 Å². The van der Waals surface area contributed by atoms with Crippen molar-refractivity contribution in [2.45, 2.75) is 12.8 Å². The summed E-state index contributed by atoms with van der Waals surface area (Å²) in [6, 6.07) is 7.00. The number of nitrogens with one attached hydrogen (secondary N) is 1. The largest absolute Gasteiger partial charge is 0.366 e. The number of para-hydroxylation sites is 1. The molecule has 1 aromatic rings. The molecule has 114 valence electrons. The monoisotopic (exact) mass is 290 g/mol. The zero-order valence-corrected chi connectivity index (χ0v) is 12.6. The molecule has 0 aromatic heterocycles. The van der Waals surface area contributed by atoms with Gasteiger partial charge in [-0.05, 0) is 30.9 Å². The lowest BCUT2D eigenvalue weighted by molar-refractivity contribution is 0.370. The van der Waals surface area contributed by atoms with Gasteiger partial charge >= 0.3 is 0 Å². The molecule has 0 amide bonds. The molecule has 21 heavy (non-hydrogen) atoms. The topological polar surface area (TPSA) is 30.9 Å². The molecule has 1 aliphatic carbocycles. The van der Waals surface area contributed by atoms with E-state index in [-0.39, 0.29) is 5.82 Å². The number of nitrogens with zero attached hydrogens (tertiary/aromatic N) is 3. The van der Waals surface area contributed by atoms with Crippen molar-refractivity contribution < 1.29 is 4.39 Å². The van der Waals surface area contributed by atoms with Crippen LogP contribution in [0, 0.1) is 11.7 Å². The molecular weight excluding hydrogens is 267 g/mol. The number of hydrogen-bond donors (Lipinski definition) is 1. The van der Waals surface area contributed by atoms with Crippen molar-refractivity contribution in [1.82, 2.24) is 10.2 Å². The Hall–Kier alpha value is -1.78. The molecule has 0 spiro atoms. The molecule has 3 rings (SSSR count). The maximum Gasteiger partial charge on any atom is 0.193 e. The van der Waals surface area contributed by atoms with E-state index in [9.17, 15) is 4.39 Å². The van der Waals surface area contributed by atoms with Crippen LogP contribution < -0.4 is 10.2 Å². The van der Waals surface area contributed by atoms with Crippen LogP contribution in [-0.4, -0.2) is 50.6 Å². The minimum absolute atomic E-state index is 0.137. The summed E-state index contributed by atoms with van der Waals surface area (Å²) in [6.45, 7) is 4.42. The van der Waals surface area contributed by atoms with E-state index in [0.717, 1.165) is 44.6 Å². The number of rotatable bonds is 3. The minimum Gasteiger partial charge on any atom is -0.366 e. The SMILES string of the molecule is CN=C(NCC1CC1)N1CCN(c2ccccc2F)CC1. The highest BCUT2D eigenvalue weighted by molar-refractivity contribution is 5.80. The van der Waals surface area contributed by atoms with Crippen LogP contribution in [0.25, 0.3) is 0 Å². The Labute approximate surface area is 125 Å². The van der Waals surface area contributed by atoms with Gasteiger partial charge in [-0.3, -0.25) is 4.99 Å². The summed E-state index contributed by atoms with van der Waals surface area (Å²) in [4.78, 5) is 8.74. The second-order valence-electron chi connectivity index (χ2n) is 5.80. The molecule has 1 aliphatic heterocycles. The lowest BCUT2D eigenvalue weighted by atomic mass is 10.2. The fourth-order valence-electron chi connectivity index (χ4n) is 2.76. The van der Waals surface area contributed by atoms with Crippen LogP contribution in [0.1, 0.15) is 12.8 Å². The lowest BCUT2D eigenvalue weighted by Crippen LogP contribution is -2.53. The fourth-order valence-corrected chi connectivity index (χ4v) is 2.76. The van der Waals surface area contributed by atoms with Gasteiger partial charge in [0.2, 0.25) is 0 Å². The van der Waals surface area contributed by atoms with Gasteiger partial charge in [-0.25, -0.2) is 4.39 Å². The molecule has 1 saturated carbocycles. The molecule has 0 atom stereocenters. The van der Waals surface area contributed by atoms with Crippen LogP contribution in [0.15, 0.2) is 29.3 Å². The minimum atomic E-state index is -0.137. The molecule has 5 heteroatoms. The van der Waals surface area contributed by atoms with Gasteiger partial charge in [0.05, 0.1) is 5.69 Å². The second kappa shape index (κ2) is 6.33. The third kappa shape index (κ3) is 3.46. The van der Waals surface area contributed by atoms with Gasteiger partial charge in [0, 0.05) is 39.8 Å². The van der Waals surface area contributed by atoms with Crippen molar-refractivity contribution in [3.63, 3.8) is 0 Å². The maximum atomic E-state index is 13.8. The van der Waals surface area contributed by atoms with Crippen molar-refractivity contribution >= 4 is 11.6 Å². The van der Waals surface area contributed by atoms with Crippen molar-refractivity contribution in [2.24, 2.45) is 10.9 Å². The highest BCUT2D eigenvalue weighted by Gasteiger charge is 2.24. The normalized spacial score (nSPS) is 19.8. The highest BCUT2D eigenvalue weighted by atomic mass is 19.1.